The van der Waals surface area contributed by atoms with Gasteiger partial charge in [0.2, 0.25) is 0 Å². The number of rotatable bonds is 4. The molecule has 1 fully saturated rings. The quantitative estimate of drug-likeness (QED) is 0.695. The van der Waals surface area contributed by atoms with Crippen LogP contribution in [0.2, 0.25) is 0 Å². The molecule has 2 heterocycles. The zero-order chi connectivity index (χ0) is 21.6. The Balaban J connectivity index is 1.30. The Morgan fingerprint density at radius 3 is 2.32 bits per heavy atom. The minimum atomic E-state index is -0.228. The van der Waals surface area contributed by atoms with Crippen molar-refractivity contribution in [1.29, 1.82) is 5.26 Å². The van der Waals surface area contributed by atoms with Crippen LogP contribution >= 0.6 is 0 Å². The Bertz CT molecular complexity index is 1100. The van der Waals surface area contributed by atoms with Crippen LogP contribution in [0, 0.1) is 11.3 Å². The fourth-order valence-corrected chi connectivity index (χ4v) is 3.25. The fraction of sp³-hybridized carbons (Fsp3) is 0.174. The van der Waals surface area contributed by atoms with E-state index in [4.69, 9.17) is 14.4 Å². The molecule has 1 aliphatic rings. The van der Waals surface area contributed by atoms with Crippen LogP contribution in [0.15, 0.2) is 71.3 Å². The maximum atomic E-state index is 12.6. The summed E-state index contributed by atoms with van der Waals surface area (Å²) >= 11 is 0. The summed E-state index contributed by atoms with van der Waals surface area (Å²) in [4.78, 5) is 28.2. The van der Waals surface area contributed by atoms with E-state index in [9.17, 15) is 9.59 Å². The lowest BCUT2D eigenvalue weighted by Gasteiger charge is -2.34. The van der Waals surface area contributed by atoms with Crippen LogP contribution in [0.4, 0.5) is 10.5 Å². The van der Waals surface area contributed by atoms with Gasteiger partial charge in [-0.3, -0.25) is 4.79 Å². The normalized spacial score (nSPS) is 13.4. The molecule has 1 saturated heterocycles. The first-order valence-corrected chi connectivity index (χ1v) is 9.80. The van der Waals surface area contributed by atoms with Gasteiger partial charge in [0, 0.05) is 31.9 Å². The molecule has 1 aliphatic heterocycles. The third-order valence-electron chi connectivity index (χ3n) is 4.93. The lowest BCUT2D eigenvalue weighted by molar-refractivity contribution is 0.0640. The molecule has 0 atom stereocenters. The Morgan fingerprint density at radius 2 is 1.65 bits per heavy atom. The van der Waals surface area contributed by atoms with Crippen molar-refractivity contribution < 1.29 is 18.7 Å². The van der Waals surface area contributed by atoms with Crippen molar-refractivity contribution in [2.45, 2.75) is 0 Å². The maximum absolute atomic E-state index is 12.6. The summed E-state index contributed by atoms with van der Waals surface area (Å²) in [7, 11) is 0. The predicted molar refractivity (Wildman–Crippen MR) is 113 cm³/mol. The number of piperazine rings is 1. The molecule has 31 heavy (non-hydrogen) atoms. The molecular weight excluding hydrogens is 396 g/mol. The number of furan rings is 1. The number of hydrogen-bond donors (Lipinski definition) is 1. The first-order valence-electron chi connectivity index (χ1n) is 9.80. The predicted octanol–water partition coefficient (Wildman–Crippen LogP) is 3.93. The summed E-state index contributed by atoms with van der Waals surface area (Å²) in [5, 5.41) is 12.0. The Hall–Kier alpha value is -4.25. The topological polar surface area (TPSA) is 98.8 Å². The number of nitriles is 1. The highest BCUT2D eigenvalue weighted by Crippen LogP contribution is 2.26. The summed E-state index contributed by atoms with van der Waals surface area (Å²) in [5.41, 5.74) is 1.07. The molecule has 1 aromatic heterocycles. The van der Waals surface area contributed by atoms with Gasteiger partial charge in [-0.1, -0.05) is 12.1 Å². The van der Waals surface area contributed by atoms with Crippen molar-refractivity contribution in [3.63, 3.8) is 0 Å². The number of benzene rings is 2. The van der Waals surface area contributed by atoms with Crippen molar-refractivity contribution in [2.75, 3.05) is 31.5 Å². The van der Waals surface area contributed by atoms with Crippen LogP contribution in [0.5, 0.6) is 11.5 Å². The van der Waals surface area contributed by atoms with Gasteiger partial charge in [0.25, 0.3) is 5.91 Å². The Labute approximate surface area is 179 Å². The van der Waals surface area contributed by atoms with E-state index < -0.39 is 0 Å². The first-order chi connectivity index (χ1) is 15.1. The van der Waals surface area contributed by atoms with Gasteiger partial charge in [-0.05, 0) is 48.5 Å². The van der Waals surface area contributed by atoms with E-state index in [1.807, 2.05) is 0 Å². The van der Waals surface area contributed by atoms with E-state index >= 15 is 0 Å². The third kappa shape index (κ3) is 4.67. The fourth-order valence-electron chi connectivity index (χ4n) is 3.25. The third-order valence-corrected chi connectivity index (χ3v) is 4.93. The van der Waals surface area contributed by atoms with Crippen molar-refractivity contribution in [3.8, 4) is 17.6 Å². The zero-order valence-corrected chi connectivity index (χ0v) is 16.7. The molecule has 156 valence electrons. The molecule has 0 aliphatic carbocycles. The minimum absolute atomic E-state index is 0.168. The van der Waals surface area contributed by atoms with Gasteiger partial charge in [0.05, 0.1) is 11.8 Å². The van der Waals surface area contributed by atoms with Crippen molar-refractivity contribution in [2.24, 2.45) is 0 Å². The summed E-state index contributed by atoms with van der Waals surface area (Å²) in [5.74, 6) is 1.17. The Morgan fingerprint density at radius 1 is 0.935 bits per heavy atom. The first kappa shape index (κ1) is 20.0. The lowest BCUT2D eigenvalue weighted by atomic mass is 10.2. The zero-order valence-electron chi connectivity index (χ0n) is 16.7. The Kier molecular flexibility index (Phi) is 5.85. The molecule has 0 spiro atoms. The highest BCUT2D eigenvalue weighted by atomic mass is 16.5. The van der Waals surface area contributed by atoms with Gasteiger partial charge < -0.3 is 24.3 Å². The second-order valence-electron chi connectivity index (χ2n) is 6.92. The van der Waals surface area contributed by atoms with E-state index in [1.54, 1.807) is 70.5 Å². The molecule has 0 bridgehead atoms. The summed E-state index contributed by atoms with van der Waals surface area (Å²) in [6.45, 7) is 1.75. The number of nitrogens with one attached hydrogen (secondary N) is 1. The largest absolute Gasteiger partial charge is 0.459 e. The van der Waals surface area contributed by atoms with E-state index in [-0.39, 0.29) is 11.9 Å². The molecule has 8 heteroatoms. The number of anilines is 1. The molecule has 1 N–H and O–H groups in total. The lowest BCUT2D eigenvalue weighted by Crippen LogP contribution is -2.51. The molecule has 0 unspecified atom stereocenters. The number of nitrogens with zero attached hydrogens (tertiary/aromatic N) is 3. The SMILES string of the molecule is N#Cc1ccccc1Oc1ccc(NC(=O)N2CCN(C(=O)c3ccco3)CC2)cc1. The van der Waals surface area contributed by atoms with Gasteiger partial charge in [-0.2, -0.15) is 5.26 Å². The number of para-hydroxylation sites is 1. The van der Waals surface area contributed by atoms with Gasteiger partial charge in [0.1, 0.15) is 17.6 Å². The summed E-state index contributed by atoms with van der Waals surface area (Å²) in [6.07, 6.45) is 1.47. The van der Waals surface area contributed by atoms with Crippen LogP contribution in [0.3, 0.4) is 0 Å². The van der Waals surface area contributed by atoms with Gasteiger partial charge >= 0.3 is 6.03 Å². The summed E-state index contributed by atoms with van der Waals surface area (Å²) < 4.78 is 10.9. The van der Waals surface area contributed by atoms with E-state index in [0.717, 1.165) is 0 Å². The van der Waals surface area contributed by atoms with Crippen LogP contribution in [-0.4, -0.2) is 47.9 Å². The van der Waals surface area contributed by atoms with Crippen molar-refractivity contribution >= 4 is 17.6 Å². The van der Waals surface area contributed by atoms with Gasteiger partial charge in [-0.25, -0.2) is 4.79 Å². The molecule has 3 amide bonds. The average Bonchev–Trinajstić information content (AvgIpc) is 3.35. The number of carbonyl (C=O) groups excluding carboxylic acids is 2. The molecule has 0 radical (unpaired) electrons. The molecule has 3 aromatic rings. The van der Waals surface area contributed by atoms with Crippen LogP contribution < -0.4 is 10.1 Å². The van der Waals surface area contributed by atoms with E-state index in [0.29, 0.717) is 54.7 Å². The van der Waals surface area contributed by atoms with Crippen molar-refractivity contribution in [3.05, 3.63) is 78.3 Å². The summed E-state index contributed by atoms with van der Waals surface area (Å²) in [6, 6.07) is 19.1. The smallest absolute Gasteiger partial charge is 0.321 e. The van der Waals surface area contributed by atoms with Crippen LogP contribution in [0.1, 0.15) is 16.1 Å². The molecule has 8 nitrogen and oxygen atoms in total. The average molecular weight is 416 g/mol. The molecule has 0 saturated carbocycles. The molecular formula is C23H20N4O4. The number of ether oxygens (including phenoxy) is 1. The monoisotopic (exact) mass is 416 g/mol. The van der Waals surface area contributed by atoms with Crippen molar-refractivity contribution in [1.82, 2.24) is 9.80 Å². The van der Waals surface area contributed by atoms with E-state index in [1.165, 1.54) is 6.26 Å². The standard InChI is InChI=1S/C23H20N4O4/c24-16-17-4-1-2-5-20(17)31-19-9-7-18(8-10-19)25-23(29)27-13-11-26(12-14-27)22(28)21-6-3-15-30-21/h1-10,15H,11-14H2,(H,25,29). The van der Waals surface area contributed by atoms with Crippen LogP contribution in [-0.2, 0) is 0 Å². The minimum Gasteiger partial charge on any atom is -0.459 e. The van der Waals surface area contributed by atoms with E-state index in [2.05, 4.69) is 11.4 Å². The molecule has 2 aromatic carbocycles. The highest BCUT2D eigenvalue weighted by Gasteiger charge is 2.26. The van der Waals surface area contributed by atoms with Gasteiger partial charge in [-0.15, -0.1) is 0 Å². The van der Waals surface area contributed by atoms with Gasteiger partial charge in [0.15, 0.2) is 5.76 Å². The number of carbonyl (C=O) groups is 2. The number of hydrogen-bond acceptors (Lipinski definition) is 5. The second kappa shape index (κ2) is 9.05. The number of amides is 3. The highest BCUT2D eigenvalue weighted by molar-refractivity contribution is 5.92. The second-order valence-corrected chi connectivity index (χ2v) is 6.92. The maximum Gasteiger partial charge on any atom is 0.321 e. The number of urea groups is 1. The van der Waals surface area contributed by atoms with Crippen LogP contribution in [0.25, 0.3) is 0 Å². The molecule has 4 rings (SSSR count).